The second kappa shape index (κ2) is 4.23. The van der Waals surface area contributed by atoms with E-state index in [0.717, 1.165) is 23.7 Å². The van der Waals surface area contributed by atoms with Gasteiger partial charge in [0.2, 0.25) is 0 Å². The number of aromatic nitrogens is 2. The predicted octanol–water partition coefficient (Wildman–Crippen LogP) is 4.05. The Morgan fingerprint density at radius 2 is 1.93 bits per heavy atom. The van der Waals surface area contributed by atoms with Gasteiger partial charge in [-0.2, -0.15) is 5.10 Å². The number of nitrogens with zero attached hydrogens (tertiary/aromatic N) is 2. The van der Waals surface area contributed by atoms with Crippen LogP contribution in [-0.4, -0.2) is 9.78 Å². The van der Waals surface area contributed by atoms with Gasteiger partial charge in [-0.1, -0.05) is 37.6 Å². The standard InChI is InChI=1S/C12H15ClN2/c1-3-9(4-2)15-11-8-6-5-7-10(11)12(13)14-15/h5-9H,3-4H2,1-2H3. The van der Waals surface area contributed by atoms with Crippen molar-refractivity contribution in [3.8, 4) is 0 Å². The van der Waals surface area contributed by atoms with Gasteiger partial charge in [0, 0.05) is 5.39 Å². The van der Waals surface area contributed by atoms with Crippen molar-refractivity contribution in [2.75, 3.05) is 0 Å². The molecule has 0 N–H and O–H groups in total. The number of para-hydroxylation sites is 1. The van der Waals surface area contributed by atoms with Crippen molar-refractivity contribution in [3.63, 3.8) is 0 Å². The van der Waals surface area contributed by atoms with Crippen molar-refractivity contribution in [2.24, 2.45) is 0 Å². The van der Waals surface area contributed by atoms with E-state index in [9.17, 15) is 0 Å². The van der Waals surface area contributed by atoms with Crippen molar-refractivity contribution in [3.05, 3.63) is 29.4 Å². The molecule has 0 saturated carbocycles. The smallest absolute Gasteiger partial charge is 0.158 e. The third kappa shape index (κ3) is 1.74. The maximum atomic E-state index is 6.10. The molecular formula is C12H15ClN2. The van der Waals surface area contributed by atoms with Crippen LogP contribution in [0, 0.1) is 0 Å². The van der Waals surface area contributed by atoms with Crippen molar-refractivity contribution in [1.82, 2.24) is 9.78 Å². The van der Waals surface area contributed by atoms with Crippen molar-refractivity contribution in [1.29, 1.82) is 0 Å². The molecule has 2 nitrogen and oxygen atoms in total. The van der Waals surface area contributed by atoms with E-state index in [1.165, 1.54) is 0 Å². The lowest BCUT2D eigenvalue weighted by Crippen LogP contribution is -2.08. The van der Waals surface area contributed by atoms with E-state index < -0.39 is 0 Å². The predicted molar refractivity (Wildman–Crippen MR) is 64.4 cm³/mol. The number of halogens is 1. The topological polar surface area (TPSA) is 17.8 Å². The average molecular weight is 223 g/mol. The van der Waals surface area contributed by atoms with Crippen LogP contribution in [0.5, 0.6) is 0 Å². The van der Waals surface area contributed by atoms with Crippen LogP contribution < -0.4 is 0 Å². The number of benzene rings is 1. The minimum atomic E-state index is 0.447. The van der Waals surface area contributed by atoms with Gasteiger partial charge in [0.1, 0.15) is 0 Å². The third-order valence-electron chi connectivity index (χ3n) is 2.86. The Hall–Kier alpha value is -1.02. The summed E-state index contributed by atoms with van der Waals surface area (Å²) in [4.78, 5) is 0. The largest absolute Gasteiger partial charge is 0.260 e. The molecule has 1 aromatic carbocycles. The van der Waals surface area contributed by atoms with Crippen LogP contribution in [0.3, 0.4) is 0 Å². The molecule has 0 aliphatic heterocycles. The summed E-state index contributed by atoms with van der Waals surface area (Å²) in [7, 11) is 0. The molecule has 2 rings (SSSR count). The van der Waals surface area contributed by atoms with Crippen LogP contribution in [-0.2, 0) is 0 Å². The monoisotopic (exact) mass is 222 g/mol. The fourth-order valence-electron chi connectivity index (χ4n) is 1.96. The van der Waals surface area contributed by atoms with Crippen LogP contribution >= 0.6 is 11.6 Å². The summed E-state index contributed by atoms with van der Waals surface area (Å²) >= 11 is 6.10. The molecule has 0 amide bonds. The van der Waals surface area contributed by atoms with E-state index in [1.807, 2.05) is 18.2 Å². The Balaban J connectivity index is 2.61. The number of hydrogen-bond acceptors (Lipinski definition) is 1. The molecule has 0 saturated heterocycles. The van der Waals surface area contributed by atoms with Crippen LogP contribution in [0.4, 0.5) is 0 Å². The lowest BCUT2D eigenvalue weighted by atomic mass is 10.1. The third-order valence-corrected chi connectivity index (χ3v) is 3.14. The van der Waals surface area contributed by atoms with Gasteiger partial charge in [-0.15, -0.1) is 0 Å². The molecule has 1 heterocycles. The second-order valence-corrected chi connectivity index (χ2v) is 4.08. The highest BCUT2D eigenvalue weighted by Crippen LogP contribution is 2.27. The summed E-state index contributed by atoms with van der Waals surface area (Å²) < 4.78 is 2.05. The Labute approximate surface area is 94.8 Å². The van der Waals surface area contributed by atoms with Crippen LogP contribution in [0.25, 0.3) is 10.9 Å². The Kier molecular flexibility index (Phi) is 2.96. The highest BCUT2D eigenvalue weighted by Gasteiger charge is 2.13. The zero-order chi connectivity index (χ0) is 10.8. The van der Waals surface area contributed by atoms with Gasteiger partial charge < -0.3 is 0 Å². The zero-order valence-corrected chi connectivity index (χ0v) is 9.83. The molecule has 0 aliphatic carbocycles. The first-order valence-corrected chi connectivity index (χ1v) is 5.78. The SMILES string of the molecule is CCC(CC)n1nc(Cl)c2ccccc21. The number of rotatable bonds is 3. The van der Waals surface area contributed by atoms with E-state index >= 15 is 0 Å². The van der Waals surface area contributed by atoms with E-state index in [-0.39, 0.29) is 0 Å². The van der Waals surface area contributed by atoms with Gasteiger partial charge in [-0.25, -0.2) is 0 Å². The van der Waals surface area contributed by atoms with Gasteiger partial charge in [-0.3, -0.25) is 4.68 Å². The highest BCUT2D eigenvalue weighted by molar-refractivity contribution is 6.34. The second-order valence-electron chi connectivity index (χ2n) is 3.72. The molecule has 0 spiro atoms. The maximum absolute atomic E-state index is 6.10. The van der Waals surface area contributed by atoms with E-state index in [4.69, 9.17) is 11.6 Å². The first-order chi connectivity index (χ1) is 7.27. The summed E-state index contributed by atoms with van der Waals surface area (Å²) in [5.41, 5.74) is 1.14. The zero-order valence-electron chi connectivity index (χ0n) is 9.07. The fraction of sp³-hybridized carbons (Fsp3) is 0.417. The first-order valence-electron chi connectivity index (χ1n) is 5.40. The normalized spacial score (nSPS) is 11.5. The lowest BCUT2D eigenvalue weighted by molar-refractivity contribution is 0.441. The van der Waals surface area contributed by atoms with Gasteiger partial charge in [0.15, 0.2) is 5.15 Å². The Morgan fingerprint density at radius 3 is 2.60 bits per heavy atom. The first kappa shape index (κ1) is 10.5. The fourth-order valence-corrected chi connectivity index (χ4v) is 2.20. The van der Waals surface area contributed by atoms with Crippen molar-refractivity contribution < 1.29 is 0 Å². The number of fused-ring (bicyclic) bond motifs is 1. The van der Waals surface area contributed by atoms with Gasteiger partial charge in [0.05, 0.1) is 11.6 Å². The molecule has 15 heavy (non-hydrogen) atoms. The van der Waals surface area contributed by atoms with Gasteiger partial charge in [0.25, 0.3) is 0 Å². The molecular weight excluding hydrogens is 208 g/mol. The molecule has 3 heteroatoms. The van der Waals surface area contributed by atoms with Crippen LogP contribution in [0.15, 0.2) is 24.3 Å². The summed E-state index contributed by atoms with van der Waals surface area (Å²) in [5, 5.41) is 6.07. The molecule has 0 radical (unpaired) electrons. The minimum Gasteiger partial charge on any atom is -0.260 e. The summed E-state index contributed by atoms with van der Waals surface area (Å²) in [6, 6.07) is 8.56. The maximum Gasteiger partial charge on any atom is 0.158 e. The van der Waals surface area contributed by atoms with Crippen molar-refractivity contribution in [2.45, 2.75) is 32.7 Å². The molecule has 80 valence electrons. The molecule has 0 atom stereocenters. The Morgan fingerprint density at radius 1 is 1.27 bits per heavy atom. The van der Waals surface area contributed by atoms with Gasteiger partial charge in [-0.05, 0) is 25.0 Å². The molecule has 1 aromatic heterocycles. The van der Waals surface area contributed by atoms with E-state index in [2.05, 4.69) is 29.7 Å². The summed E-state index contributed by atoms with van der Waals surface area (Å²) in [6.45, 7) is 4.36. The average Bonchev–Trinajstić information content (AvgIpc) is 2.60. The summed E-state index contributed by atoms with van der Waals surface area (Å²) in [5.74, 6) is 0. The number of hydrogen-bond donors (Lipinski definition) is 0. The minimum absolute atomic E-state index is 0.447. The molecule has 0 bridgehead atoms. The molecule has 2 aromatic rings. The lowest BCUT2D eigenvalue weighted by Gasteiger charge is -2.13. The Bertz CT molecular complexity index is 458. The molecule has 0 fully saturated rings. The molecule has 0 aliphatic rings. The summed E-state index contributed by atoms with van der Waals surface area (Å²) in [6.07, 6.45) is 2.16. The van der Waals surface area contributed by atoms with Crippen LogP contribution in [0.2, 0.25) is 5.15 Å². The van der Waals surface area contributed by atoms with Crippen LogP contribution in [0.1, 0.15) is 32.7 Å². The van der Waals surface area contributed by atoms with E-state index in [1.54, 1.807) is 0 Å². The highest BCUT2D eigenvalue weighted by atomic mass is 35.5. The van der Waals surface area contributed by atoms with Gasteiger partial charge >= 0.3 is 0 Å². The molecule has 0 unspecified atom stereocenters. The van der Waals surface area contributed by atoms with Crippen molar-refractivity contribution >= 4 is 22.5 Å². The van der Waals surface area contributed by atoms with E-state index in [0.29, 0.717) is 11.2 Å². The quantitative estimate of drug-likeness (QED) is 0.766.